The van der Waals surface area contributed by atoms with Crippen LogP contribution < -0.4 is 10.2 Å². The van der Waals surface area contributed by atoms with Gasteiger partial charge in [-0.3, -0.25) is 4.90 Å². The molecule has 2 heterocycles. The standard InChI is InChI=1S/C16H29N5/c1-4-15(5-2)19-13-14(3)20-9-11-21(12-10-20)16-17-7-6-8-18-16/h6-8,14-15,19H,4-5,9-13H2,1-3H3. The first-order chi connectivity index (χ1) is 10.2. The summed E-state index contributed by atoms with van der Waals surface area (Å²) in [6, 6.07) is 3.11. The lowest BCUT2D eigenvalue weighted by Gasteiger charge is -2.38. The number of hydrogen-bond donors (Lipinski definition) is 1. The summed E-state index contributed by atoms with van der Waals surface area (Å²) in [6.07, 6.45) is 6.05. The molecule has 1 aliphatic rings. The molecule has 1 atom stereocenters. The molecular formula is C16H29N5. The monoisotopic (exact) mass is 291 g/mol. The molecule has 1 aliphatic heterocycles. The Kier molecular flexibility index (Phi) is 6.39. The van der Waals surface area contributed by atoms with Gasteiger partial charge in [0.1, 0.15) is 0 Å². The van der Waals surface area contributed by atoms with E-state index in [9.17, 15) is 0 Å². The van der Waals surface area contributed by atoms with Gasteiger partial charge >= 0.3 is 0 Å². The first-order valence-corrected chi connectivity index (χ1v) is 8.24. The van der Waals surface area contributed by atoms with E-state index in [0.29, 0.717) is 12.1 Å². The zero-order chi connectivity index (χ0) is 15.1. The average Bonchev–Trinajstić information content (AvgIpc) is 2.56. The summed E-state index contributed by atoms with van der Waals surface area (Å²) >= 11 is 0. The van der Waals surface area contributed by atoms with Gasteiger partial charge in [0.15, 0.2) is 0 Å². The van der Waals surface area contributed by atoms with Crippen LogP contribution in [0.1, 0.15) is 33.6 Å². The van der Waals surface area contributed by atoms with Crippen molar-refractivity contribution in [1.82, 2.24) is 20.2 Å². The second kappa shape index (κ2) is 8.29. The molecule has 0 radical (unpaired) electrons. The number of nitrogens with one attached hydrogen (secondary N) is 1. The fourth-order valence-corrected chi connectivity index (χ4v) is 2.86. The minimum atomic E-state index is 0.587. The molecule has 21 heavy (non-hydrogen) atoms. The molecule has 1 unspecified atom stereocenters. The third-order valence-corrected chi connectivity index (χ3v) is 4.46. The third kappa shape index (κ3) is 4.64. The van der Waals surface area contributed by atoms with E-state index in [-0.39, 0.29) is 0 Å². The zero-order valence-electron chi connectivity index (χ0n) is 13.6. The van der Waals surface area contributed by atoms with E-state index in [1.807, 2.05) is 18.5 Å². The summed E-state index contributed by atoms with van der Waals surface area (Å²) in [5.41, 5.74) is 0. The van der Waals surface area contributed by atoms with Crippen molar-refractivity contribution in [3.63, 3.8) is 0 Å². The Morgan fingerprint density at radius 3 is 2.29 bits per heavy atom. The molecule has 0 bridgehead atoms. The highest BCUT2D eigenvalue weighted by Crippen LogP contribution is 2.11. The molecule has 5 nitrogen and oxygen atoms in total. The van der Waals surface area contributed by atoms with Gasteiger partial charge in [0.05, 0.1) is 0 Å². The summed E-state index contributed by atoms with van der Waals surface area (Å²) in [7, 11) is 0. The summed E-state index contributed by atoms with van der Waals surface area (Å²) in [5, 5.41) is 3.68. The second-order valence-electron chi connectivity index (χ2n) is 5.84. The van der Waals surface area contributed by atoms with Crippen molar-refractivity contribution in [3.8, 4) is 0 Å². The Balaban J connectivity index is 1.75. The van der Waals surface area contributed by atoms with Crippen molar-refractivity contribution in [2.45, 2.75) is 45.7 Å². The Hall–Kier alpha value is -1.20. The van der Waals surface area contributed by atoms with Crippen LogP contribution in [0.5, 0.6) is 0 Å². The van der Waals surface area contributed by atoms with Crippen molar-refractivity contribution < 1.29 is 0 Å². The van der Waals surface area contributed by atoms with Gasteiger partial charge in [-0.05, 0) is 25.8 Å². The molecule has 2 rings (SSSR count). The van der Waals surface area contributed by atoms with Crippen LogP contribution >= 0.6 is 0 Å². The lowest BCUT2D eigenvalue weighted by Crippen LogP contribution is -2.53. The Morgan fingerprint density at radius 2 is 1.71 bits per heavy atom. The van der Waals surface area contributed by atoms with E-state index in [2.05, 4.69) is 45.9 Å². The van der Waals surface area contributed by atoms with Crippen molar-refractivity contribution in [3.05, 3.63) is 18.5 Å². The van der Waals surface area contributed by atoms with Gasteiger partial charge in [-0.25, -0.2) is 9.97 Å². The maximum atomic E-state index is 4.34. The van der Waals surface area contributed by atoms with E-state index in [0.717, 1.165) is 38.7 Å². The van der Waals surface area contributed by atoms with Gasteiger partial charge in [-0.2, -0.15) is 0 Å². The fourth-order valence-electron chi connectivity index (χ4n) is 2.86. The number of rotatable bonds is 7. The van der Waals surface area contributed by atoms with Crippen LogP contribution in [0.15, 0.2) is 18.5 Å². The Bertz CT molecular complexity index is 385. The van der Waals surface area contributed by atoms with Crippen LogP contribution in [-0.4, -0.2) is 59.7 Å². The highest BCUT2D eigenvalue weighted by Gasteiger charge is 2.22. The maximum absolute atomic E-state index is 4.34. The predicted octanol–water partition coefficient (Wildman–Crippen LogP) is 1.77. The zero-order valence-corrected chi connectivity index (χ0v) is 13.6. The first-order valence-electron chi connectivity index (χ1n) is 8.24. The molecule has 1 fully saturated rings. The predicted molar refractivity (Wildman–Crippen MR) is 87.7 cm³/mol. The van der Waals surface area contributed by atoms with Crippen molar-refractivity contribution >= 4 is 5.95 Å². The van der Waals surface area contributed by atoms with Crippen LogP contribution in [0.3, 0.4) is 0 Å². The molecule has 1 N–H and O–H groups in total. The van der Waals surface area contributed by atoms with Crippen LogP contribution in [0, 0.1) is 0 Å². The maximum Gasteiger partial charge on any atom is 0.225 e. The van der Waals surface area contributed by atoms with Crippen LogP contribution in [0.4, 0.5) is 5.95 Å². The summed E-state index contributed by atoms with van der Waals surface area (Å²) in [4.78, 5) is 13.5. The quantitative estimate of drug-likeness (QED) is 0.829. The van der Waals surface area contributed by atoms with E-state index >= 15 is 0 Å². The topological polar surface area (TPSA) is 44.3 Å². The largest absolute Gasteiger partial charge is 0.338 e. The molecule has 1 saturated heterocycles. The molecule has 118 valence electrons. The third-order valence-electron chi connectivity index (χ3n) is 4.46. The van der Waals surface area contributed by atoms with Gasteiger partial charge in [0, 0.05) is 57.2 Å². The van der Waals surface area contributed by atoms with E-state index < -0.39 is 0 Å². The highest BCUT2D eigenvalue weighted by molar-refractivity contribution is 5.29. The molecular weight excluding hydrogens is 262 g/mol. The molecule has 1 aromatic rings. The molecule has 5 heteroatoms. The molecule has 0 spiro atoms. The second-order valence-corrected chi connectivity index (χ2v) is 5.84. The number of hydrogen-bond acceptors (Lipinski definition) is 5. The Morgan fingerprint density at radius 1 is 1.10 bits per heavy atom. The molecule has 0 saturated carbocycles. The average molecular weight is 291 g/mol. The van der Waals surface area contributed by atoms with Crippen LogP contribution in [0.2, 0.25) is 0 Å². The number of aromatic nitrogens is 2. The summed E-state index contributed by atoms with van der Waals surface area (Å²) < 4.78 is 0. The molecule has 1 aromatic heterocycles. The van der Waals surface area contributed by atoms with Crippen LogP contribution in [-0.2, 0) is 0 Å². The smallest absolute Gasteiger partial charge is 0.225 e. The van der Waals surface area contributed by atoms with Gasteiger partial charge in [-0.15, -0.1) is 0 Å². The van der Waals surface area contributed by atoms with Gasteiger partial charge in [0.2, 0.25) is 5.95 Å². The van der Waals surface area contributed by atoms with Gasteiger partial charge in [-0.1, -0.05) is 13.8 Å². The van der Waals surface area contributed by atoms with Crippen LogP contribution in [0.25, 0.3) is 0 Å². The normalized spacial score (nSPS) is 18.2. The van der Waals surface area contributed by atoms with Gasteiger partial charge < -0.3 is 10.2 Å². The first kappa shape index (κ1) is 16.2. The molecule has 0 amide bonds. The fraction of sp³-hybridized carbons (Fsp3) is 0.750. The van der Waals surface area contributed by atoms with E-state index in [1.165, 1.54) is 12.8 Å². The van der Waals surface area contributed by atoms with E-state index in [4.69, 9.17) is 0 Å². The number of nitrogens with zero attached hydrogens (tertiary/aromatic N) is 4. The lowest BCUT2D eigenvalue weighted by atomic mass is 10.1. The highest BCUT2D eigenvalue weighted by atomic mass is 15.3. The van der Waals surface area contributed by atoms with Crippen molar-refractivity contribution in [2.75, 3.05) is 37.6 Å². The Labute approximate surface area is 128 Å². The summed E-state index contributed by atoms with van der Waals surface area (Å²) in [5.74, 6) is 0.861. The van der Waals surface area contributed by atoms with Crippen molar-refractivity contribution in [1.29, 1.82) is 0 Å². The molecule has 0 aromatic carbocycles. The summed E-state index contributed by atoms with van der Waals surface area (Å²) in [6.45, 7) is 12.1. The lowest BCUT2D eigenvalue weighted by molar-refractivity contribution is 0.188. The number of anilines is 1. The molecule has 0 aliphatic carbocycles. The number of piperazine rings is 1. The SMILES string of the molecule is CCC(CC)NCC(C)N1CCN(c2ncccn2)CC1. The minimum absolute atomic E-state index is 0.587. The van der Waals surface area contributed by atoms with Crippen molar-refractivity contribution in [2.24, 2.45) is 0 Å². The minimum Gasteiger partial charge on any atom is -0.338 e. The van der Waals surface area contributed by atoms with Gasteiger partial charge in [0.25, 0.3) is 0 Å². The van der Waals surface area contributed by atoms with E-state index in [1.54, 1.807) is 0 Å².